The van der Waals surface area contributed by atoms with Gasteiger partial charge in [-0.05, 0) is 47.4 Å². The quantitative estimate of drug-likeness (QED) is 0.442. The molecule has 0 saturated carbocycles. The van der Waals surface area contributed by atoms with Crippen molar-refractivity contribution in [1.29, 1.82) is 0 Å². The number of hydrogen-bond donors (Lipinski definition) is 2. The largest absolute Gasteiger partial charge is 0.481 e. The number of nitrogens with zero attached hydrogens (tertiary/aromatic N) is 2. The third kappa shape index (κ3) is 6.03. The van der Waals surface area contributed by atoms with Gasteiger partial charge in [0.05, 0.1) is 19.1 Å². The van der Waals surface area contributed by atoms with E-state index in [1.807, 2.05) is 6.07 Å². The van der Waals surface area contributed by atoms with Crippen molar-refractivity contribution in [1.82, 2.24) is 9.97 Å². The Labute approximate surface area is 207 Å². The minimum Gasteiger partial charge on any atom is -0.481 e. The van der Waals surface area contributed by atoms with Gasteiger partial charge in [0.2, 0.25) is 5.88 Å². The maximum Gasteiger partial charge on any atom is 0.321 e. The van der Waals surface area contributed by atoms with Gasteiger partial charge >= 0.3 is 6.01 Å². The molecule has 2 N–H and O–H groups in total. The van der Waals surface area contributed by atoms with Gasteiger partial charge in [0, 0.05) is 21.8 Å². The van der Waals surface area contributed by atoms with Gasteiger partial charge < -0.3 is 14.8 Å². The molecule has 0 aliphatic carbocycles. The molecule has 1 amide bonds. The predicted octanol–water partition coefficient (Wildman–Crippen LogP) is 4.61. The van der Waals surface area contributed by atoms with Gasteiger partial charge in [-0.25, -0.2) is 8.42 Å². The molecule has 3 rings (SSSR count). The number of nitrogens with one attached hydrogen (secondary N) is 2. The molecule has 0 fully saturated rings. The summed E-state index contributed by atoms with van der Waals surface area (Å²) in [7, 11) is -1.20. The molecule has 34 heavy (non-hydrogen) atoms. The van der Waals surface area contributed by atoms with E-state index in [1.54, 1.807) is 12.1 Å². The summed E-state index contributed by atoms with van der Waals surface area (Å²) in [6.07, 6.45) is 0. The van der Waals surface area contributed by atoms with Crippen molar-refractivity contribution in [2.24, 2.45) is 0 Å². The molecule has 0 unspecified atom stereocenters. The lowest BCUT2D eigenvalue weighted by atomic mass is 9.86. The highest BCUT2D eigenvalue weighted by atomic mass is 79.9. The van der Waals surface area contributed by atoms with E-state index in [9.17, 15) is 13.2 Å². The SMILES string of the molecule is COc1cc(NS(=O)(=O)c2ccc(NC(=O)c3ccc(C(C)(C)C)c(Br)c3)cc2)nc(OC)n1. The number of halogens is 1. The van der Waals surface area contributed by atoms with Crippen molar-refractivity contribution in [2.75, 3.05) is 24.3 Å². The van der Waals surface area contributed by atoms with Crippen molar-refractivity contribution in [3.63, 3.8) is 0 Å². The minimum atomic E-state index is -3.96. The number of anilines is 2. The molecule has 180 valence electrons. The van der Waals surface area contributed by atoms with Gasteiger partial charge in [-0.15, -0.1) is 0 Å². The second-order valence-corrected chi connectivity index (χ2v) is 10.8. The average Bonchev–Trinajstić information content (AvgIpc) is 2.77. The molecule has 1 heterocycles. The van der Waals surface area contributed by atoms with Crippen LogP contribution in [-0.2, 0) is 15.4 Å². The van der Waals surface area contributed by atoms with Crippen molar-refractivity contribution < 1.29 is 22.7 Å². The number of methoxy groups -OCH3 is 2. The van der Waals surface area contributed by atoms with E-state index in [2.05, 4.69) is 56.7 Å². The number of aromatic nitrogens is 2. The van der Waals surface area contributed by atoms with E-state index < -0.39 is 10.0 Å². The van der Waals surface area contributed by atoms with Crippen molar-refractivity contribution in [3.05, 3.63) is 64.1 Å². The fourth-order valence-electron chi connectivity index (χ4n) is 3.03. The summed E-state index contributed by atoms with van der Waals surface area (Å²) in [5, 5.41) is 2.77. The highest BCUT2D eigenvalue weighted by Crippen LogP contribution is 2.30. The summed E-state index contributed by atoms with van der Waals surface area (Å²) < 4.78 is 38.7. The molecule has 0 spiro atoms. The Hall–Kier alpha value is -3.18. The lowest BCUT2D eigenvalue weighted by molar-refractivity contribution is 0.102. The highest BCUT2D eigenvalue weighted by Gasteiger charge is 2.19. The second-order valence-electron chi connectivity index (χ2n) is 8.31. The van der Waals surface area contributed by atoms with Crippen LogP contribution in [0, 0.1) is 0 Å². The summed E-state index contributed by atoms with van der Waals surface area (Å²) in [5.41, 5.74) is 1.95. The molecule has 0 bridgehead atoms. The van der Waals surface area contributed by atoms with Gasteiger partial charge in [-0.1, -0.05) is 42.8 Å². The van der Waals surface area contributed by atoms with Crippen LogP contribution in [0.2, 0.25) is 0 Å². The van der Waals surface area contributed by atoms with Gasteiger partial charge in [0.1, 0.15) is 0 Å². The molecule has 0 aliphatic rings. The maximum atomic E-state index is 12.8. The monoisotopic (exact) mass is 548 g/mol. The molecular formula is C23H25BrN4O5S. The maximum absolute atomic E-state index is 12.8. The van der Waals surface area contributed by atoms with Crippen LogP contribution in [0.1, 0.15) is 36.7 Å². The van der Waals surface area contributed by atoms with Crippen LogP contribution in [0.3, 0.4) is 0 Å². The summed E-state index contributed by atoms with van der Waals surface area (Å²) in [6, 6.07) is 12.5. The topological polar surface area (TPSA) is 120 Å². The Balaban J connectivity index is 1.74. The van der Waals surface area contributed by atoms with Gasteiger partial charge in [0.25, 0.3) is 15.9 Å². The first-order valence-corrected chi connectivity index (χ1v) is 12.4. The number of hydrogen-bond acceptors (Lipinski definition) is 7. The number of benzene rings is 2. The summed E-state index contributed by atoms with van der Waals surface area (Å²) in [6.45, 7) is 6.28. The standard InChI is InChI=1S/C23H25BrN4O5S/c1-23(2,3)17-11-6-14(12-18(17)24)21(29)25-15-7-9-16(10-8-15)34(30,31)28-19-13-20(32-4)27-22(26-19)33-5/h6-13H,1-5H3,(H,25,29)(H,26,27,28). The predicted molar refractivity (Wildman–Crippen MR) is 133 cm³/mol. The summed E-state index contributed by atoms with van der Waals surface area (Å²) in [4.78, 5) is 20.5. The molecule has 2 aromatic carbocycles. The average molecular weight is 549 g/mol. The van der Waals surface area contributed by atoms with Crippen molar-refractivity contribution in [2.45, 2.75) is 31.1 Å². The molecule has 0 aliphatic heterocycles. The Bertz CT molecular complexity index is 1280. The Morgan fingerprint density at radius 1 is 0.971 bits per heavy atom. The van der Waals surface area contributed by atoms with Crippen LogP contribution in [0.4, 0.5) is 11.5 Å². The van der Waals surface area contributed by atoms with Crippen LogP contribution in [-0.4, -0.2) is 38.5 Å². The Kier molecular flexibility index (Phi) is 7.47. The number of rotatable bonds is 7. The zero-order valence-corrected chi connectivity index (χ0v) is 21.7. The number of ether oxygens (including phenoxy) is 2. The molecule has 9 nitrogen and oxygen atoms in total. The van der Waals surface area contributed by atoms with E-state index in [0.717, 1.165) is 10.0 Å². The first-order chi connectivity index (χ1) is 15.9. The van der Waals surface area contributed by atoms with E-state index in [0.29, 0.717) is 11.3 Å². The molecule has 1 aromatic heterocycles. The molecule has 0 atom stereocenters. The third-order valence-electron chi connectivity index (χ3n) is 4.77. The highest BCUT2D eigenvalue weighted by molar-refractivity contribution is 9.10. The van der Waals surface area contributed by atoms with Crippen LogP contribution < -0.4 is 19.5 Å². The number of carbonyl (C=O) groups is 1. The fraction of sp³-hybridized carbons (Fsp3) is 0.261. The fourth-order valence-corrected chi connectivity index (χ4v) is 5.00. The minimum absolute atomic E-state index is 0.00893. The summed E-state index contributed by atoms with van der Waals surface area (Å²) >= 11 is 3.53. The smallest absolute Gasteiger partial charge is 0.321 e. The van der Waals surface area contributed by atoms with Crippen molar-refractivity contribution >= 4 is 43.4 Å². The van der Waals surface area contributed by atoms with Gasteiger partial charge in [-0.2, -0.15) is 9.97 Å². The number of sulfonamides is 1. The first kappa shape index (κ1) is 25.4. The second kappa shape index (κ2) is 9.98. The lowest BCUT2D eigenvalue weighted by Gasteiger charge is -2.21. The molecule has 0 saturated heterocycles. The summed E-state index contributed by atoms with van der Waals surface area (Å²) in [5.74, 6) is -0.176. The van der Waals surface area contributed by atoms with E-state index in [1.165, 1.54) is 44.6 Å². The van der Waals surface area contributed by atoms with Gasteiger partial charge in [0.15, 0.2) is 5.82 Å². The molecule has 0 radical (unpaired) electrons. The van der Waals surface area contributed by atoms with Crippen LogP contribution in [0.5, 0.6) is 11.9 Å². The van der Waals surface area contributed by atoms with Crippen LogP contribution in [0.25, 0.3) is 0 Å². The third-order valence-corrected chi connectivity index (χ3v) is 6.80. The normalized spacial score (nSPS) is 11.6. The van der Waals surface area contributed by atoms with Crippen molar-refractivity contribution in [3.8, 4) is 11.9 Å². The number of carbonyl (C=O) groups excluding carboxylic acids is 1. The Morgan fingerprint density at radius 2 is 1.65 bits per heavy atom. The van der Waals surface area contributed by atoms with Crippen LogP contribution >= 0.6 is 15.9 Å². The molecular weight excluding hydrogens is 524 g/mol. The lowest BCUT2D eigenvalue weighted by Crippen LogP contribution is -2.16. The molecule has 3 aromatic rings. The van der Waals surface area contributed by atoms with E-state index >= 15 is 0 Å². The van der Waals surface area contributed by atoms with E-state index in [4.69, 9.17) is 9.47 Å². The number of amides is 1. The molecule has 11 heteroatoms. The first-order valence-electron chi connectivity index (χ1n) is 10.1. The van der Waals surface area contributed by atoms with Gasteiger partial charge in [-0.3, -0.25) is 9.52 Å². The van der Waals surface area contributed by atoms with Crippen LogP contribution in [0.15, 0.2) is 57.9 Å². The zero-order chi connectivity index (χ0) is 25.1. The zero-order valence-electron chi connectivity index (χ0n) is 19.3. The van der Waals surface area contributed by atoms with E-state index in [-0.39, 0.29) is 33.9 Å². The Morgan fingerprint density at radius 3 is 2.21 bits per heavy atom.